The average molecular weight is 331 g/mol. The molecule has 1 aliphatic carbocycles. The van der Waals surface area contributed by atoms with Gasteiger partial charge in [0.15, 0.2) is 0 Å². The molecule has 0 aliphatic heterocycles. The molecule has 1 aromatic heterocycles. The van der Waals surface area contributed by atoms with Crippen LogP contribution in [0.2, 0.25) is 0 Å². The molecule has 0 unspecified atom stereocenters. The molecule has 6 heteroatoms. The van der Waals surface area contributed by atoms with Gasteiger partial charge in [-0.3, -0.25) is 0 Å². The highest BCUT2D eigenvalue weighted by atomic mass is 32.2. The van der Waals surface area contributed by atoms with Crippen LogP contribution in [-0.4, -0.2) is 21.0 Å². The monoisotopic (exact) mass is 330 g/mol. The molecule has 0 bridgehead atoms. The molecule has 0 saturated heterocycles. The van der Waals surface area contributed by atoms with Gasteiger partial charge >= 0.3 is 0 Å². The van der Waals surface area contributed by atoms with E-state index >= 15 is 0 Å². The summed E-state index contributed by atoms with van der Waals surface area (Å²) in [6.07, 6.45) is 7.73. The van der Waals surface area contributed by atoms with Crippen LogP contribution in [0.1, 0.15) is 56.7 Å². The molecule has 4 nitrogen and oxygen atoms in total. The summed E-state index contributed by atoms with van der Waals surface area (Å²) in [5, 5.41) is 3.30. The Morgan fingerprint density at radius 1 is 1.19 bits per heavy atom. The molecule has 1 saturated carbocycles. The summed E-state index contributed by atoms with van der Waals surface area (Å²) in [4.78, 5) is 1.07. The molecular weight excluding hydrogens is 304 g/mol. The minimum absolute atomic E-state index is 0.112. The van der Waals surface area contributed by atoms with Gasteiger partial charge in [-0.2, -0.15) is 0 Å². The third kappa shape index (κ3) is 5.36. The SMILES string of the molecule is CCCNCc1ccc(S(=O)(=O)NC2CCCCCC2)s1. The Labute approximate surface area is 132 Å². The van der Waals surface area contributed by atoms with Gasteiger partial charge in [0, 0.05) is 17.5 Å². The number of thiophene rings is 1. The first-order chi connectivity index (χ1) is 10.1. The molecular formula is C15H26N2O2S2. The molecule has 21 heavy (non-hydrogen) atoms. The highest BCUT2D eigenvalue weighted by Crippen LogP contribution is 2.24. The van der Waals surface area contributed by atoms with Gasteiger partial charge in [0.2, 0.25) is 10.0 Å². The van der Waals surface area contributed by atoms with Crippen LogP contribution in [0.5, 0.6) is 0 Å². The van der Waals surface area contributed by atoms with Crippen LogP contribution in [0.3, 0.4) is 0 Å². The zero-order valence-electron chi connectivity index (χ0n) is 12.7. The molecule has 1 fully saturated rings. The highest BCUT2D eigenvalue weighted by molar-refractivity contribution is 7.91. The Balaban J connectivity index is 1.95. The van der Waals surface area contributed by atoms with Crippen molar-refractivity contribution in [2.45, 2.75) is 68.7 Å². The van der Waals surface area contributed by atoms with Crippen molar-refractivity contribution in [1.82, 2.24) is 10.0 Å². The lowest BCUT2D eigenvalue weighted by Crippen LogP contribution is -2.33. The highest BCUT2D eigenvalue weighted by Gasteiger charge is 2.22. The summed E-state index contributed by atoms with van der Waals surface area (Å²) in [6, 6.07) is 3.75. The van der Waals surface area contributed by atoms with E-state index in [9.17, 15) is 8.42 Å². The minimum atomic E-state index is -3.35. The van der Waals surface area contributed by atoms with Crippen molar-refractivity contribution in [2.75, 3.05) is 6.54 Å². The first-order valence-corrected chi connectivity index (χ1v) is 10.2. The van der Waals surface area contributed by atoms with Gasteiger partial charge in [-0.05, 0) is 37.9 Å². The lowest BCUT2D eigenvalue weighted by atomic mass is 10.1. The third-order valence-electron chi connectivity index (χ3n) is 3.80. The third-order valence-corrected chi connectivity index (χ3v) is 6.90. The molecule has 0 amide bonds. The average Bonchev–Trinajstić information content (AvgIpc) is 2.79. The van der Waals surface area contributed by atoms with Gasteiger partial charge in [0.1, 0.15) is 4.21 Å². The van der Waals surface area contributed by atoms with Gasteiger partial charge in [-0.25, -0.2) is 13.1 Å². The molecule has 1 aliphatic rings. The van der Waals surface area contributed by atoms with E-state index in [0.717, 1.165) is 50.1 Å². The van der Waals surface area contributed by atoms with E-state index in [1.807, 2.05) is 6.07 Å². The predicted molar refractivity (Wildman–Crippen MR) is 88.1 cm³/mol. The van der Waals surface area contributed by atoms with Gasteiger partial charge in [0.25, 0.3) is 0 Å². The van der Waals surface area contributed by atoms with E-state index in [1.54, 1.807) is 6.07 Å². The molecule has 0 atom stereocenters. The molecule has 0 spiro atoms. The van der Waals surface area contributed by atoms with Crippen molar-refractivity contribution < 1.29 is 8.42 Å². The molecule has 2 rings (SSSR count). The second-order valence-electron chi connectivity index (χ2n) is 5.71. The minimum Gasteiger partial charge on any atom is -0.312 e. The van der Waals surface area contributed by atoms with Crippen molar-refractivity contribution in [2.24, 2.45) is 0 Å². The lowest BCUT2D eigenvalue weighted by molar-refractivity contribution is 0.511. The second-order valence-corrected chi connectivity index (χ2v) is 8.82. The zero-order valence-corrected chi connectivity index (χ0v) is 14.4. The summed E-state index contributed by atoms with van der Waals surface area (Å²) in [5.41, 5.74) is 0. The van der Waals surface area contributed by atoms with E-state index in [-0.39, 0.29) is 6.04 Å². The molecule has 1 aromatic rings. The fraction of sp³-hybridized carbons (Fsp3) is 0.733. The van der Waals surface area contributed by atoms with Crippen LogP contribution in [0.15, 0.2) is 16.3 Å². The second kappa shape index (κ2) is 8.27. The first-order valence-electron chi connectivity index (χ1n) is 7.93. The standard InChI is InChI=1S/C15H26N2O2S2/c1-2-11-16-12-14-9-10-15(20-14)21(18,19)17-13-7-5-3-4-6-8-13/h9-10,13,16-17H,2-8,11-12H2,1H3. The normalized spacial score (nSPS) is 17.8. The summed E-state index contributed by atoms with van der Waals surface area (Å²) in [5.74, 6) is 0. The van der Waals surface area contributed by atoms with Gasteiger partial charge in [-0.15, -0.1) is 11.3 Å². The van der Waals surface area contributed by atoms with Crippen LogP contribution in [-0.2, 0) is 16.6 Å². The Morgan fingerprint density at radius 2 is 1.90 bits per heavy atom. The Kier molecular flexibility index (Phi) is 6.67. The van der Waals surface area contributed by atoms with Crippen molar-refractivity contribution in [1.29, 1.82) is 0 Å². The van der Waals surface area contributed by atoms with Crippen LogP contribution >= 0.6 is 11.3 Å². The summed E-state index contributed by atoms with van der Waals surface area (Å²) in [6.45, 7) is 3.83. The largest absolute Gasteiger partial charge is 0.312 e. The van der Waals surface area contributed by atoms with Crippen molar-refractivity contribution in [3.8, 4) is 0 Å². The lowest BCUT2D eigenvalue weighted by Gasteiger charge is -2.15. The van der Waals surface area contributed by atoms with Crippen LogP contribution in [0, 0.1) is 0 Å². The van der Waals surface area contributed by atoms with E-state index in [4.69, 9.17) is 0 Å². The van der Waals surface area contributed by atoms with E-state index < -0.39 is 10.0 Å². The Morgan fingerprint density at radius 3 is 2.57 bits per heavy atom. The number of nitrogens with one attached hydrogen (secondary N) is 2. The maximum absolute atomic E-state index is 12.4. The molecule has 1 heterocycles. The predicted octanol–water partition coefficient (Wildman–Crippen LogP) is 3.25. The smallest absolute Gasteiger partial charge is 0.250 e. The van der Waals surface area contributed by atoms with Crippen LogP contribution < -0.4 is 10.0 Å². The maximum Gasteiger partial charge on any atom is 0.250 e. The van der Waals surface area contributed by atoms with E-state index in [0.29, 0.717) is 4.21 Å². The maximum atomic E-state index is 12.4. The van der Waals surface area contributed by atoms with Crippen LogP contribution in [0.4, 0.5) is 0 Å². The number of hydrogen-bond acceptors (Lipinski definition) is 4. The summed E-state index contributed by atoms with van der Waals surface area (Å²) >= 11 is 1.37. The zero-order chi connectivity index (χ0) is 15.1. The van der Waals surface area contributed by atoms with E-state index in [2.05, 4.69) is 17.0 Å². The molecule has 120 valence electrons. The van der Waals surface area contributed by atoms with Crippen LogP contribution in [0.25, 0.3) is 0 Å². The van der Waals surface area contributed by atoms with Gasteiger partial charge < -0.3 is 5.32 Å². The van der Waals surface area contributed by atoms with Gasteiger partial charge in [0.05, 0.1) is 0 Å². The topological polar surface area (TPSA) is 58.2 Å². The van der Waals surface area contributed by atoms with Crippen molar-refractivity contribution in [3.05, 3.63) is 17.0 Å². The van der Waals surface area contributed by atoms with Gasteiger partial charge in [-0.1, -0.05) is 32.6 Å². The summed E-state index contributed by atoms with van der Waals surface area (Å²) in [7, 11) is -3.35. The fourth-order valence-corrected chi connectivity index (χ4v) is 5.31. The number of sulfonamides is 1. The van der Waals surface area contributed by atoms with Crippen molar-refractivity contribution in [3.63, 3.8) is 0 Å². The molecule has 0 radical (unpaired) electrons. The van der Waals surface area contributed by atoms with E-state index in [1.165, 1.54) is 24.2 Å². The first kappa shape index (κ1) is 16.9. The Bertz CT molecular complexity index is 518. The van der Waals surface area contributed by atoms with Crippen molar-refractivity contribution >= 4 is 21.4 Å². The Hall–Kier alpha value is -0.430. The molecule has 2 N–H and O–H groups in total. The number of rotatable bonds is 7. The number of hydrogen-bond donors (Lipinski definition) is 2. The fourth-order valence-electron chi connectivity index (χ4n) is 2.66. The quantitative estimate of drug-likeness (QED) is 0.596. The summed E-state index contributed by atoms with van der Waals surface area (Å²) < 4.78 is 28.2. The molecule has 0 aromatic carbocycles.